The Morgan fingerprint density at radius 2 is 1.74 bits per heavy atom. The predicted octanol–water partition coefficient (Wildman–Crippen LogP) is -0.218. The molecule has 0 atom stereocenters. The van der Waals surface area contributed by atoms with E-state index < -0.39 is 0 Å². The Hall–Kier alpha value is -1.12. The van der Waals surface area contributed by atoms with Crippen LogP contribution in [0.2, 0.25) is 0 Å². The van der Waals surface area contributed by atoms with Crippen molar-refractivity contribution in [2.24, 2.45) is 0 Å². The van der Waals surface area contributed by atoms with Crippen molar-refractivity contribution in [1.82, 2.24) is 4.90 Å². The molecule has 0 bridgehead atoms. The van der Waals surface area contributed by atoms with Crippen molar-refractivity contribution in [2.75, 3.05) is 19.6 Å². The molecule has 2 aromatic rings. The van der Waals surface area contributed by atoms with Crippen molar-refractivity contribution in [3.05, 3.63) is 42.1 Å². The summed E-state index contributed by atoms with van der Waals surface area (Å²) in [5.74, 6) is 0. The Bertz CT molecular complexity index is 521. The molecule has 2 rings (SSSR count). The monoisotopic (exact) mass is 278 g/mol. The maximum atomic E-state index is 2.46. The highest BCUT2D eigenvalue weighted by molar-refractivity contribution is 5.78. The van der Waals surface area contributed by atoms with Gasteiger partial charge in [-0.05, 0) is 31.6 Å². The molecular formula is C16H23ClN2. The first kappa shape index (κ1) is 15.9. The minimum Gasteiger partial charge on any atom is -1.00 e. The van der Waals surface area contributed by atoms with Gasteiger partial charge in [0.1, 0.15) is 0 Å². The number of para-hydroxylation sites is 1. The van der Waals surface area contributed by atoms with Crippen LogP contribution >= 0.6 is 0 Å². The van der Waals surface area contributed by atoms with Gasteiger partial charge in [-0.15, -0.1) is 0 Å². The summed E-state index contributed by atoms with van der Waals surface area (Å²) in [5.41, 5.74) is 2.69. The number of pyridine rings is 1. The minimum absolute atomic E-state index is 0. The topological polar surface area (TPSA) is 7.12 Å². The summed E-state index contributed by atoms with van der Waals surface area (Å²) in [5, 5.41) is 1.36. The largest absolute Gasteiger partial charge is 1.00 e. The lowest BCUT2D eigenvalue weighted by atomic mass is 10.1. The number of nitrogens with zero attached hydrogens (tertiary/aromatic N) is 2. The zero-order valence-electron chi connectivity index (χ0n) is 12.1. The van der Waals surface area contributed by atoms with Crippen LogP contribution in [-0.4, -0.2) is 24.5 Å². The van der Waals surface area contributed by atoms with Crippen molar-refractivity contribution in [1.29, 1.82) is 0 Å². The van der Waals surface area contributed by atoms with Gasteiger partial charge >= 0.3 is 0 Å². The molecule has 0 aliphatic rings. The predicted molar refractivity (Wildman–Crippen MR) is 76.7 cm³/mol. The Kier molecular flexibility index (Phi) is 6.26. The molecule has 1 heterocycles. The standard InChI is InChI=1S/C16H23N2.ClH/c1-4-17(5-2)12-13-18-11-10-14(3)15-8-6-7-9-16(15)18;/h6-11H,4-5,12-13H2,1-3H3;1H/q+1;/p-1. The van der Waals surface area contributed by atoms with Crippen LogP contribution in [-0.2, 0) is 6.54 Å². The van der Waals surface area contributed by atoms with Gasteiger partial charge in [-0.25, -0.2) is 0 Å². The highest BCUT2D eigenvalue weighted by Gasteiger charge is 2.11. The van der Waals surface area contributed by atoms with E-state index in [1.54, 1.807) is 0 Å². The lowest BCUT2D eigenvalue weighted by molar-refractivity contribution is -0.671. The molecular weight excluding hydrogens is 256 g/mol. The van der Waals surface area contributed by atoms with Crippen molar-refractivity contribution in [2.45, 2.75) is 27.3 Å². The lowest BCUT2D eigenvalue weighted by Gasteiger charge is -2.16. The number of fused-ring (bicyclic) bond motifs is 1. The average Bonchev–Trinajstić information content (AvgIpc) is 2.42. The summed E-state index contributed by atoms with van der Waals surface area (Å²) in [6.07, 6.45) is 2.21. The van der Waals surface area contributed by atoms with E-state index in [2.05, 4.69) is 66.8 Å². The number of halogens is 1. The summed E-state index contributed by atoms with van der Waals surface area (Å²) in [6, 6.07) is 10.9. The first-order valence-electron chi connectivity index (χ1n) is 6.86. The SMILES string of the molecule is CCN(CC)CC[n+]1ccc(C)c2ccccc21.[Cl-]. The lowest BCUT2D eigenvalue weighted by Crippen LogP contribution is -3.00. The van der Waals surface area contributed by atoms with Crippen LogP contribution in [0.25, 0.3) is 10.9 Å². The Labute approximate surface area is 122 Å². The second-order valence-electron chi connectivity index (χ2n) is 4.74. The number of hydrogen-bond donors (Lipinski definition) is 0. The Morgan fingerprint density at radius 1 is 1.05 bits per heavy atom. The highest BCUT2D eigenvalue weighted by atomic mass is 35.5. The minimum atomic E-state index is 0. The molecule has 2 nitrogen and oxygen atoms in total. The third-order valence-electron chi connectivity index (χ3n) is 3.69. The summed E-state index contributed by atoms with van der Waals surface area (Å²) >= 11 is 0. The van der Waals surface area contributed by atoms with Gasteiger partial charge in [0, 0.05) is 17.5 Å². The van der Waals surface area contributed by atoms with Crippen molar-refractivity contribution in [3.63, 3.8) is 0 Å². The molecule has 0 unspecified atom stereocenters. The van der Waals surface area contributed by atoms with Crippen LogP contribution < -0.4 is 17.0 Å². The number of hydrogen-bond acceptors (Lipinski definition) is 1. The molecule has 0 N–H and O–H groups in total. The summed E-state index contributed by atoms with van der Waals surface area (Å²) in [6.45, 7) is 11.1. The number of rotatable bonds is 5. The molecule has 3 heteroatoms. The van der Waals surface area contributed by atoms with Gasteiger partial charge in [0.25, 0.3) is 0 Å². The normalized spacial score (nSPS) is 10.7. The first-order valence-corrected chi connectivity index (χ1v) is 6.86. The second-order valence-corrected chi connectivity index (χ2v) is 4.74. The number of likely N-dealkylation sites (N-methyl/N-ethyl adjacent to an activating group) is 1. The molecule has 0 spiro atoms. The fraction of sp³-hybridized carbons (Fsp3) is 0.438. The fourth-order valence-corrected chi connectivity index (χ4v) is 2.41. The van der Waals surface area contributed by atoms with Gasteiger partial charge < -0.3 is 12.4 Å². The maximum Gasteiger partial charge on any atom is 0.212 e. The molecule has 19 heavy (non-hydrogen) atoms. The molecule has 0 aliphatic carbocycles. The molecule has 0 radical (unpaired) electrons. The number of aromatic nitrogens is 1. The Balaban J connectivity index is 0.00000180. The summed E-state index contributed by atoms with van der Waals surface area (Å²) in [7, 11) is 0. The van der Waals surface area contributed by atoms with Crippen molar-refractivity contribution < 1.29 is 17.0 Å². The number of benzene rings is 1. The van der Waals surface area contributed by atoms with Gasteiger partial charge in [0.2, 0.25) is 5.52 Å². The third kappa shape index (κ3) is 3.68. The average molecular weight is 279 g/mol. The van der Waals surface area contributed by atoms with Crippen LogP contribution in [0.15, 0.2) is 36.5 Å². The maximum absolute atomic E-state index is 2.46. The van der Waals surface area contributed by atoms with Crippen LogP contribution in [0.1, 0.15) is 19.4 Å². The van der Waals surface area contributed by atoms with E-state index in [4.69, 9.17) is 0 Å². The summed E-state index contributed by atoms with van der Waals surface area (Å²) < 4.78 is 2.36. The smallest absolute Gasteiger partial charge is 0.212 e. The molecule has 0 amide bonds. The highest BCUT2D eigenvalue weighted by Crippen LogP contribution is 2.13. The van der Waals surface area contributed by atoms with Crippen molar-refractivity contribution >= 4 is 10.9 Å². The van der Waals surface area contributed by atoms with E-state index >= 15 is 0 Å². The van der Waals surface area contributed by atoms with E-state index in [1.807, 2.05) is 0 Å². The van der Waals surface area contributed by atoms with Crippen LogP contribution in [0.4, 0.5) is 0 Å². The zero-order valence-corrected chi connectivity index (χ0v) is 12.8. The van der Waals surface area contributed by atoms with E-state index in [9.17, 15) is 0 Å². The molecule has 1 aromatic heterocycles. The van der Waals surface area contributed by atoms with Gasteiger partial charge in [-0.1, -0.05) is 26.0 Å². The molecule has 0 saturated carbocycles. The Morgan fingerprint density at radius 3 is 2.42 bits per heavy atom. The fourth-order valence-electron chi connectivity index (χ4n) is 2.41. The van der Waals surface area contributed by atoms with E-state index in [0.717, 1.165) is 26.2 Å². The third-order valence-corrected chi connectivity index (χ3v) is 3.69. The van der Waals surface area contributed by atoms with Crippen LogP contribution in [0.5, 0.6) is 0 Å². The van der Waals surface area contributed by atoms with Crippen molar-refractivity contribution in [3.8, 4) is 0 Å². The van der Waals surface area contributed by atoms with Crippen LogP contribution in [0, 0.1) is 6.92 Å². The van der Waals surface area contributed by atoms with E-state index in [1.165, 1.54) is 16.5 Å². The molecule has 0 saturated heterocycles. The quantitative estimate of drug-likeness (QED) is 0.686. The van der Waals surface area contributed by atoms with Gasteiger partial charge in [-0.2, -0.15) is 4.57 Å². The van der Waals surface area contributed by atoms with Gasteiger partial charge in [0.15, 0.2) is 12.7 Å². The van der Waals surface area contributed by atoms with E-state index in [-0.39, 0.29) is 12.4 Å². The van der Waals surface area contributed by atoms with E-state index in [0.29, 0.717) is 0 Å². The summed E-state index contributed by atoms with van der Waals surface area (Å²) in [4.78, 5) is 2.46. The van der Waals surface area contributed by atoms with Gasteiger partial charge in [0.05, 0.1) is 6.54 Å². The zero-order chi connectivity index (χ0) is 13.0. The molecule has 1 aromatic carbocycles. The molecule has 0 aliphatic heterocycles. The van der Waals surface area contributed by atoms with Crippen LogP contribution in [0.3, 0.4) is 0 Å². The molecule has 0 fully saturated rings. The first-order chi connectivity index (χ1) is 8.76. The second kappa shape index (κ2) is 7.46. The molecule has 104 valence electrons. The van der Waals surface area contributed by atoms with Gasteiger partial charge in [-0.3, -0.25) is 4.90 Å². The number of aryl methyl sites for hydroxylation is 1.